The van der Waals surface area contributed by atoms with Crippen molar-refractivity contribution in [3.05, 3.63) is 41.5 Å². The summed E-state index contributed by atoms with van der Waals surface area (Å²) in [5, 5.41) is 5.66. The number of amides is 1. The van der Waals surface area contributed by atoms with Gasteiger partial charge in [0.15, 0.2) is 0 Å². The number of anilines is 2. The van der Waals surface area contributed by atoms with Gasteiger partial charge in [-0.2, -0.15) is 13.2 Å². The Morgan fingerprint density at radius 2 is 1.92 bits per heavy atom. The zero-order chi connectivity index (χ0) is 19.3. The molecule has 2 aromatic rings. The second-order valence-corrected chi connectivity index (χ2v) is 5.67. The topological polar surface area (TPSA) is 83.0 Å². The largest absolute Gasteiger partial charge is 0.433 e. The molecule has 0 bridgehead atoms. The molecule has 0 aliphatic rings. The monoisotopic (exact) mass is 368 g/mol. The number of hydrogen-bond donors (Lipinski definition) is 2. The van der Waals surface area contributed by atoms with Crippen molar-refractivity contribution in [3.63, 3.8) is 0 Å². The second kappa shape index (κ2) is 7.98. The van der Waals surface area contributed by atoms with Crippen LogP contribution in [0.3, 0.4) is 0 Å². The van der Waals surface area contributed by atoms with E-state index in [1.165, 1.54) is 0 Å². The van der Waals surface area contributed by atoms with E-state index in [0.29, 0.717) is 18.2 Å². The molecule has 2 N–H and O–H groups in total. The summed E-state index contributed by atoms with van der Waals surface area (Å²) >= 11 is 0. The molecule has 10 heteroatoms. The van der Waals surface area contributed by atoms with Gasteiger partial charge in [0.05, 0.1) is 5.56 Å². The van der Waals surface area contributed by atoms with Crippen LogP contribution < -0.4 is 15.5 Å². The molecule has 2 rings (SSSR count). The molecule has 0 aliphatic carbocycles. The van der Waals surface area contributed by atoms with E-state index in [4.69, 9.17) is 0 Å². The van der Waals surface area contributed by atoms with Crippen LogP contribution in [0.2, 0.25) is 0 Å². The van der Waals surface area contributed by atoms with E-state index in [1.54, 1.807) is 13.0 Å². The fourth-order valence-corrected chi connectivity index (χ4v) is 2.04. The zero-order valence-corrected chi connectivity index (χ0v) is 14.6. The maximum atomic E-state index is 12.5. The Balaban J connectivity index is 1.85. The van der Waals surface area contributed by atoms with Gasteiger partial charge in [0, 0.05) is 39.4 Å². The van der Waals surface area contributed by atoms with Crippen LogP contribution in [0.4, 0.5) is 24.8 Å². The Labute approximate surface area is 148 Å². The number of nitrogens with one attached hydrogen (secondary N) is 2. The number of rotatable bonds is 6. The number of pyridine rings is 1. The highest BCUT2D eigenvalue weighted by Gasteiger charge is 2.32. The number of halogens is 3. The molecule has 2 aromatic heterocycles. The molecule has 0 saturated heterocycles. The van der Waals surface area contributed by atoms with Gasteiger partial charge in [0.1, 0.15) is 23.2 Å². The molecule has 0 aromatic carbocycles. The van der Waals surface area contributed by atoms with Gasteiger partial charge in [-0.1, -0.05) is 0 Å². The van der Waals surface area contributed by atoms with Gasteiger partial charge in [-0.3, -0.25) is 9.78 Å². The van der Waals surface area contributed by atoms with Crippen LogP contribution in [0.15, 0.2) is 24.4 Å². The highest BCUT2D eigenvalue weighted by Crippen LogP contribution is 2.27. The van der Waals surface area contributed by atoms with Crippen molar-refractivity contribution in [2.75, 3.05) is 37.4 Å². The van der Waals surface area contributed by atoms with Gasteiger partial charge in [0.25, 0.3) is 5.91 Å². The van der Waals surface area contributed by atoms with Gasteiger partial charge in [-0.15, -0.1) is 0 Å². The van der Waals surface area contributed by atoms with Crippen molar-refractivity contribution in [2.45, 2.75) is 13.1 Å². The summed E-state index contributed by atoms with van der Waals surface area (Å²) in [6.45, 7) is 2.43. The molecule has 0 spiro atoms. The van der Waals surface area contributed by atoms with Crippen molar-refractivity contribution in [1.29, 1.82) is 0 Å². The lowest BCUT2D eigenvalue weighted by molar-refractivity contribution is -0.141. The number of aryl methyl sites for hydroxylation is 1. The Kier molecular flexibility index (Phi) is 5.96. The number of carbonyl (C=O) groups excluding carboxylic acids is 1. The average molecular weight is 368 g/mol. The van der Waals surface area contributed by atoms with Gasteiger partial charge >= 0.3 is 6.18 Å². The molecule has 26 heavy (non-hydrogen) atoms. The molecular weight excluding hydrogens is 349 g/mol. The maximum absolute atomic E-state index is 12.5. The molecule has 0 saturated carbocycles. The minimum absolute atomic E-state index is 0.0609. The minimum atomic E-state index is -4.53. The predicted molar refractivity (Wildman–Crippen MR) is 91.2 cm³/mol. The third-order valence-corrected chi connectivity index (χ3v) is 3.32. The summed E-state index contributed by atoms with van der Waals surface area (Å²) in [6.07, 6.45) is -3.62. The number of hydrogen-bond acceptors (Lipinski definition) is 6. The zero-order valence-electron chi connectivity index (χ0n) is 14.6. The molecule has 1 amide bonds. The van der Waals surface area contributed by atoms with Crippen molar-refractivity contribution in [1.82, 2.24) is 20.3 Å². The Morgan fingerprint density at radius 1 is 1.19 bits per heavy atom. The van der Waals surface area contributed by atoms with Crippen molar-refractivity contribution < 1.29 is 18.0 Å². The van der Waals surface area contributed by atoms with Crippen LogP contribution in [-0.4, -0.2) is 48.0 Å². The Morgan fingerprint density at radius 3 is 2.50 bits per heavy atom. The van der Waals surface area contributed by atoms with E-state index >= 15 is 0 Å². The quantitative estimate of drug-likeness (QED) is 0.760. The normalized spacial score (nSPS) is 11.2. The predicted octanol–water partition coefficient (Wildman–Crippen LogP) is 2.11. The number of nitrogens with zero attached hydrogens (tertiary/aromatic N) is 4. The van der Waals surface area contributed by atoms with Crippen LogP contribution >= 0.6 is 0 Å². The highest BCUT2D eigenvalue weighted by molar-refractivity contribution is 5.93. The Hall–Kier alpha value is -2.91. The van der Waals surface area contributed by atoms with Crippen molar-refractivity contribution in [3.8, 4) is 0 Å². The number of alkyl halides is 3. The van der Waals surface area contributed by atoms with E-state index < -0.39 is 17.8 Å². The molecule has 140 valence electrons. The molecule has 0 aliphatic heterocycles. The molecular formula is C16H19F3N6O. The lowest BCUT2D eigenvalue weighted by atomic mass is 10.2. The molecule has 0 radical (unpaired) electrons. The van der Waals surface area contributed by atoms with Crippen LogP contribution in [0.1, 0.15) is 21.9 Å². The number of carbonyl (C=O) groups is 1. The summed E-state index contributed by atoms with van der Waals surface area (Å²) in [5.74, 6) is 1.48. The molecule has 7 nitrogen and oxygen atoms in total. The van der Waals surface area contributed by atoms with Crippen LogP contribution in [-0.2, 0) is 6.18 Å². The standard InChI is InChI=1S/C16H19F3N6O/c1-10-23-13(8-14(24-10)25(2)3)20-6-7-21-15(26)11-4-5-12(22-9-11)16(17,18)19/h4-5,8-9H,6-7H2,1-3H3,(H,21,26)(H,20,23,24). The molecule has 0 atom stereocenters. The second-order valence-electron chi connectivity index (χ2n) is 5.67. The fourth-order valence-electron chi connectivity index (χ4n) is 2.04. The summed E-state index contributed by atoms with van der Waals surface area (Å²) in [5.41, 5.74) is -0.975. The Bertz CT molecular complexity index is 762. The van der Waals surface area contributed by atoms with E-state index in [1.807, 2.05) is 19.0 Å². The van der Waals surface area contributed by atoms with Crippen molar-refractivity contribution in [2.24, 2.45) is 0 Å². The number of aromatic nitrogens is 3. The van der Waals surface area contributed by atoms with Crippen LogP contribution in [0.25, 0.3) is 0 Å². The molecule has 2 heterocycles. The first kappa shape index (κ1) is 19.4. The van der Waals surface area contributed by atoms with Crippen LogP contribution in [0, 0.1) is 6.92 Å². The minimum Gasteiger partial charge on any atom is -0.368 e. The fraction of sp³-hybridized carbons (Fsp3) is 0.375. The highest BCUT2D eigenvalue weighted by atomic mass is 19.4. The first-order valence-corrected chi connectivity index (χ1v) is 7.75. The van der Waals surface area contributed by atoms with E-state index in [2.05, 4.69) is 25.6 Å². The average Bonchev–Trinajstić information content (AvgIpc) is 2.57. The third-order valence-electron chi connectivity index (χ3n) is 3.32. The molecule has 0 unspecified atom stereocenters. The lowest BCUT2D eigenvalue weighted by Gasteiger charge is -2.14. The summed E-state index contributed by atoms with van der Waals surface area (Å²) < 4.78 is 37.4. The van der Waals surface area contributed by atoms with Gasteiger partial charge in [0.2, 0.25) is 0 Å². The smallest absolute Gasteiger partial charge is 0.368 e. The van der Waals surface area contributed by atoms with E-state index in [9.17, 15) is 18.0 Å². The third kappa shape index (κ3) is 5.30. The van der Waals surface area contributed by atoms with E-state index in [0.717, 1.165) is 24.1 Å². The summed E-state index contributed by atoms with van der Waals surface area (Å²) in [6, 6.07) is 3.64. The van der Waals surface area contributed by atoms with E-state index in [-0.39, 0.29) is 12.1 Å². The van der Waals surface area contributed by atoms with Gasteiger partial charge in [-0.05, 0) is 19.1 Å². The first-order valence-electron chi connectivity index (χ1n) is 7.75. The maximum Gasteiger partial charge on any atom is 0.433 e. The SMILES string of the molecule is Cc1nc(NCCNC(=O)c2ccc(C(F)(F)F)nc2)cc(N(C)C)n1. The first-order chi connectivity index (χ1) is 12.2. The lowest BCUT2D eigenvalue weighted by Crippen LogP contribution is -2.29. The summed E-state index contributed by atoms with van der Waals surface area (Å²) in [4.78, 5) is 25.5. The van der Waals surface area contributed by atoms with Gasteiger partial charge in [-0.25, -0.2) is 9.97 Å². The van der Waals surface area contributed by atoms with Crippen molar-refractivity contribution >= 4 is 17.5 Å². The van der Waals surface area contributed by atoms with Crippen LogP contribution in [0.5, 0.6) is 0 Å². The molecule has 0 fully saturated rings. The summed E-state index contributed by atoms with van der Waals surface area (Å²) in [7, 11) is 3.73. The van der Waals surface area contributed by atoms with Gasteiger partial charge < -0.3 is 15.5 Å².